The minimum absolute atomic E-state index is 0.0251. The fraction of sp³-hybridized carbons (Fsp3) is 0.625. The molecule has 1 fully saturated rings. The Morgan fingerprint density at radius 2 is 2.22 bits per heavy atom. The molecule has 1 aliphatic rings. The van der Waals surface area contributed by atoms with Gasteiger partial charge in [-0.15, -0.1) is 0 Å². The zero-order valence-corrected chi connectivity index (χ0v) is 14.3. The summed E-state index contributed by atoms with van der Waals surface area (Å²) in [5.41, 5.74) is 7.02. The van der Waals surface area contributed by atoms with Crippen molar-refractivity contribution in [3.8, 4) is 5.88 Å². The first-order valence-corrected chi connectivity index (χ1v) is 7.82. The SMILES string of the molecule is COc1cc(N2CCC[C@H](NC(=O)OC(C)(C)C)C2)c(N)cn1. The smallest absolute Gasteiger partial charge is 0.407 e. The van der Waals surface area contributed by atoms with Gasteiger partial charge < -0.3 is 25.4 Å². The molecule has 1 aliphatic heterocycles. The van der Waals surface area contributed by atoms with Crippen LogP contribution in [0.5, 0.6) is 5.88 Å². The van der Waals surface area contributed by atoms with Crippen molar-refractivity contribution in [1.29, 1.82) is 0 Å². The molecule has 0 aliphatic carbocycles. The van der Waals surface area contributed by atoms with Gasteiger partial charge in [0.1, 0.15) is 5.60 Å². The lowest BCUT2D eigenvalue weighted by atomic mass is 10.0. The Labute approximate surface area is 137 Å². The summed E-state index contributed by atoms with van der Waals surface area (Å²) in [5, 5.41) is 2.93. The molecule has 0 saturated carbocycles. The van der Waals surface area contributed by atoms with Crippen molar-refractivity contribution in [3.05, 3.63) is 12.3 Å². The van der Waals surface area contributed by atoms with Gasteiger partial charge in [-0.1, -0.05) is 0 Å². The summed E-state index contributed by atoms with van der Waals surface area (Å²) < 4.78 is 10.5. The van der Waals surface area contributed by atoms with Crippen LogP contribution in [0.2, 0.25) is 0 Å². The Morgan fingerprint density at radius 1 is 1.48 bits per heavy atom. The third kappa shape index (κ3) is 4.91. The lowest BCUT2D eigenvalue weighted by Gasteiger charge is -2.35. The number of nitrogens with zero attached hydrogens (tertiary/aromatic N) is 2. The second-order valence-electron chi connectivity index (χ2n) is 6.72. The van der Waals surface area contributed by atoms with Crippen LogP contribution in [0.1, 0.15) is 33.6 Å². The Morgan fingerprint density at radius 3 is 2.87 bits per heavy atom. The molecule has 0 aromatic carbocycles. The second kappa shape index (κ2) is 6.93. The number of ether oxygens (including phenoxy) is 2. The highest BCUT2D eigenvalue weighted by Crippen LogP contribution is 2.28. The van der Waals surface area contributed by atoms with E-state index in [0.717, 1.165) is 25.1 Å². The van der Waals surface area contributed by atoms with Gasteiger partial charge in [0.2, 0.25) is 5.88 Å². The van der Waals surface area contributed by atoms with Crippen molar-refractivity contribution < 1.29 is 14.3 Å². The number of nitrogens with two attached hydrogens (primary N) is 1. The number of nitrogens with one attached hydrogen (secondary N) is 1. The zero-order chi connectivity index (χ0) is 17.0. The fourth-order valence-corrected chi connectivity index (χ4v) is 2.61. The number of hydrogen-bond acceptors (Lipinski definition) is 6. The first kappa shape index (κ1) is 17.2. The molecule has 0 spiro atoms. The number of pyridine rings is 1. The van der Waals surface area contributed by atoms with Crippen molar-refractivity contribution >= 4 is 17.5 Å². The van der Waals surface area contributed by atoms with Crippen molar-refractivity contribution in [2.24, 2.45) is 0 Å². The topological polar surface area (TPSA) is 89.7 Å². The second-order valence-corrected chi connectivity index (χ2v) is 6.72. The maximum Gasteiger partial charge on any atom is 0.407 e. The predicted octanol–water partition coefficient (Wildman–Crippen LogP) is 2.17. The molecule has 7 heteroatoms. The summed E-state index contributed by atoms with van der Waals surface area (Å²) in [6.45, 7) is 7.11. The summed E-state index contributed by atoms with van der Waals surface area (Å²) in [7, 11) is 1.57. The standard InChI is InChI=1S/C16H26N4O3/c1-16(2,3)23-15(21)19-11-6-5-7-20(10-11)13-8-14(22-4)18-9-12(13)17/h8-9,11H,5-7,10,17H2,1-4H3,(H,19,21)/t11-/m0/s1. The number of piperidine rings is 1. The van der Waals surface area contributed by atoms with Crippen molar-refractivity contribution in [2.45, 2.75) is 45.3 Å². The van der Waals surface area contributed by atoms with Gasteiger partial charge in [0, 0.05) is 25.2 Å². The van der Waals surface area contributed by atoms with Gasteiger partial charge >= 0.3 is 6.09 Å². The molecule has 23 heavy (non-hydrogen) atoms. The molecular weight excluding hydrogens is 296 g/mol. The largest absolute Gasteiger partial charge is 0.481 e. The van der Waals surface area contributed by atoms with Crippen LogP contribution in [0.25, 0.3) is 0 Å². The number of methoxy groups -OCH3 is 1. The van der Waals surface area contributed by atoms with Gasteiger partial charge in [-0.25, -0.2) is 9.78 Å². The number of aromatic nitrogens is 1. The highest BCUT2D eigenvalue weighted by atomic mass is 16.6. The van der Waals surface area contributed by atoms with E-state index in [1.807, 2.05) is 26.8 Å². The van der Waals surface area contributed by atoms with E-state index in [9.17, 15) is 4.79 Å². The molecule has 1 amide bonds. The quantitative estimate of drug-likeness (QED) is 0.886. The first-order chi connectivity index (χ1) is 10.8. The molecular formula is C16H26N4O3. The number of amides is 1. The van der Waals surface area contributed by atoms with Crippen molar-refractivity contribution in [1.82, 2.24) is 10.3 Å². The predicted molar refractivity (Wildman–Crippen MR) is 89.8 cm³/mol. The highest BCUT2D eigenvalue weighted by molar-refractivity contribution is 5.70. The molecule has 1 saturated heterocycles. The van der Waals surface area contributed by atoms with Crippen molar-refractivity contribution in [3.63, 3.8) is 0 Å². The van der Waals surface area contributed by atoms with E-state index >= 15 is 0 Å². The summed E-state index contributed by atoms with van der Waals surface area (Å²) in [6, 6.07) is 1.85. The van der Waals surface area contributed by atoms with Gasteiger partial charge in [-0.3, -0.25) is 0 Å². The number of anilines is 2. The van der Waals surface area contributed by atoms with Crippen LogP contribution in [0.4, 0.5) is 16.2 Å². The summed E-state index contributed by atoms with van der Waals surface area (Å²) >= 11 is 0. The van der Waals surface area contributed by atoms with E-state index in [4.69, 9.17) is 15.2 Å². The van der Waals surface area contributed by atoms with Gasteiger partial charge in [0.25, 0.3) is 0 Å². The van der Waals surface area contributed by atoms with Crippen LogP contribution in [-0.4, -0.2) is 42.9 Å². The van der Waals surface area contributed by atoms with E-state index < -0.39 is 5.60 Å². The lowest BCUT2D eigenvalue weighted by molar-refractivity contribution is 0.0500. The van der Waals surface area contributed by atoms with Gasteiger partial charge in [0.05, 0.1) is 24.7 Å². The van der Waals surface area contributed by atoms with Crippen LogP contribution in [0.3, 0.4) is 0 Å². The van der Waals surface area contributed by atoms with Crippen LogP contribution in [0.15, 0.2) is 12.3 Å². The fourth-order valence-electron chi connectivity index (χ4n) is 2.61. The molecule has 1 aromatic heterocycles. The van der Waals surface area contributed by atoms with E-state index in [1.165, 1.54) is 0 Å². The molecule has 2 heterocycles. The maximum atomic E-state index is 11.9. The Bertz CT molecular complexity index is 557. The monoisotopic (exact) mass is 322 g/mol. The lowest BCUT2D eigenvalue weighted by Crippen LogP contribution is -2.49. The Balaban J connectivity index is 2.02. The number of rotatable bonds is 3. The van der Waals surface area contributed by atoms with Crippen LogP contribution >= 0.6 is 0 Å². The summed E-state index contributed by atoms with van der Waals surface area (Å²) in [5.74, 6) is 0.524. The van der Waals surface area contributed by atoms with Crippen molar-refractivity contribution in [2.75, 3.05) is 30.8 Å². The average molecular weight is 322 g/mol. The number of nitrogen functional groups attached to an aromatic ring is 1. The average Bonchev–Trinajstić information content (AvgIpc) is 2.46. The Kier molecular flexibility index (Phi) is 5.18. The highest BCUT2D eigenvalue weighted by Gasteiger charge is 2.25. The summed E-state index contributed by atoms with van der Waals surface area (Å²) in [6.07, 6.45) is 3.09. The molecule has 128 valence electrons. The van der Waals surface area contributed by atoms with E-state index in [2.05, 4.69) is 15.2 Å². The zero-order valence-electron chi connectivity index (χ0n) is 14.3. The van der Waals surface area contributed by atoms with Gasteiger partial charge in [0.15, 0.2) is 0 Å². The molecule has 7 nitrogen and oxygen atoms in total. The van der Waals surface area contributed by atoms with Gasteiger partial charge in [-0.2, -0.15) is 0 Å². The maximum absolute atomic E-state index is 11.9. The van der Waals surface area contributed by atoms with Crippen LogP contribution in [0, 0.1) is 0 Å². The minimum Gasteiger partial charge on any atom is -0.481 e. The molecule has 0 radical (unpaired) electrons. The number of hydrogen-bond donors (Lipinski definition) is 2. The summed E-state index contributed by atoms with van der Waals surface area (Å²) in [4.78, 5) is 18.2. The van der Waals surface area contributed by atoms with Crippen LogP contribution < -0.4 is 20.7 Å². The minimum atomic E-state index is -0.499. The van der Waals surface area contributed by atoms with E-state index in [-0.39, 0.29) is 12.1 Å². The van der Waals surface area contributed by atoms with E-state index in [1.54, 1.807) is 13.3 Å². The Hall–Kier alpha value is -2.18. The van der Waals surface area contributed by atoms with E-state index in [0.29, 0.717) is 18.1 Å². The molecule has 1 aromatic rings. The number of alkyl carbamates (subject to hydrolysis) is 1. The molecule has 0 unspecified atom stereocenters. The number of carbonyl (C=O) groups excluding carboxylic acids is 1. The molecule has 1 atom stereocenters. The molecule has 2 rings (SSSR count). The van der Waals surface area contributed by atoms with Gasteiger partial charge in [-0.05, 0) is 33.6 Å². The molecule has 3 N–H and O–H groups in total. The van der Waals surface area contributed by atoms with Crippen LogP contribution in [-0.2, 0) is 4.74 Å². The molecule has 0 bridgehead atoms. The third-order valence-corrected chi connectivity index (χ3v) is 3.58. The number of carbonyl (C=O) groups is 1. The third-order valence-electron chi connectivity index (χ3n) is 3.58. The first-order valence-electron chi connectivity index (χ1n) is 7.82. The normalized spacial score (nSPS) is 18.4.